The minimum absolute atomic E-state index is 0.146. The summed E-state index contributed by atoms with van der Waals surface area (Å²) in [7, 11) is 0. The predicted molar refractivity (Wildman–Crippen MR) is 59.0 cm³/mol. The van der Waals surface area contributed by atoms with Crippen LogP contribution in [-0.4, -0.2) is 29.3 Å². The number of esters is 1. The molecule has 0 aliphatic rings. The summed E-state index contributed by atoms with van der Waals surface area (Å²) in [5.74, 6) is -0.146. The first-order chi connectivity index (χ1) is 7.22. The molecular weight excluding hydrogens is 214 g/mol. The van der Waals surface area contributed by atoms with Crippen molar-refractivity contribution in [1.29, 1.82) is 0 Å². The van der Waals surface area contributed by atoms with E-state index in [1.165, 1.54) is 11.3 Å². The number of aromatic nitrogens is 2. The van der Waals surface area contributed by atoms with Crippen LogP contribution in [0.5, 0.6) is 0 Å². The number of hydrogen-bond acceptors (Lipinski definition) is 6. The first-order valence-corrected chi connectivity index (χ1v) is 5.73. The molecule has 1 N–H and O–H groups in total. The fraction of sp³-hybridized carbons (Fsp3) is 0.667. The van der Waals surface area contributed by atoms with E-state index in [1.54, 1.807) is 6.92 Å². The van der Waals surface area contributed by atoms with Gasteiger partial charge in [-0.15, -0.1) is 10.2 Å². The fourth-order valence-electron chi connectivity index (χ4n) is 1.03. The maximum Gasteiger partial charge on any atom is 0.305 e. The normalized spacial score (nSPS) is 10.0. The van der Waals surface area contributed by atoms with Gasteiger partial charge < -0.3 is 10.1 Å². The molecule has 0 aromatic carbocycles. The molecule has 1 heterocycles. The number of hydrogen-bond donors (Lipinski definition) is 1. The highest BCUT2D eigenvalue weighted by molar-refractivity contribution is 7.15. The summed E-state index contributed by atoms with van der Waals surface area (Å²) in [6.45, 7) is 4.87. The molecule has 0 bridgehead atoms. The Bertz CT molecular complexity index is 314. The van der Waals surface area contributed by atoms with Crippen molar-refractivity contribution in [3.63, 3.8) is 0 Å². The molecule has 6 heteroatoms. The largest absolute Gasteiger partial charge is 0.466 e. The Labute approximate surface area is 92.9 Å². The summed E-state index contributed by atoms with van der Waals surface area (Å²) < 4.78 is 4.81. The van der Waals surface area contributed by atoms with E-state index in [-0.39, 0.29) is 5.97 Å². The number of carbonyl (C=O) groups is 1. The Morgan fingerprint density at radius 3 is 2.93 bits per heavy atom. The van der Waals surface area contributed by atoms with Crippen LogP contribution >= 0.6 is 11.3 Å². The van der Waals surface area contributed by atoms with Crippen LogP contribution in [0, 0.1) is 6.92 Å². The van der Waals surface area contributed by atoms with Crippen molar-refractivity contribution in [2.45, 2.75) is 26.7 Å². The third-order valence-corrected chi connectivity index (χ3v) is 2.46. The van der Waals surface area contributed by atoms with Crippen LogP contribution in [0.15, 0.2) is 0 Å². The summed E-state index contributed by atoms with van der Waals surface area (Å²) in [5, 5.41) is 12.6. The number of rotatable bonds is 6. The van der Waals surface area contributed by atoms with Crippen molar-refractivity contribution in [3.05, 3.63) is 5.01 Å². The lowest BCUT2D eigenvalue weighted by molar-refractivity contribution is -0.143. The van der Waals surface area contributed by atoms with Gasteiger partial charge in [-0.1, -0.05) is 11.3 Å². The highest BCUT2D eigenvalue weighted by Crippen LogP contribution is 2.13. The smallest absolute Gasteiger partial charge is 0.305 e. The molecule has 5 nitrogen and oxygen atoms in total. The van der Waals surface area contributed by atoms with E-state index < -0.39 is 0 Å². The first kappa shape index (κ1) is 11.9. The average molecular weight is 229 g/mol. The van der Waals surface area contributed by atoms with Crippen LogP contribution in [0.25, 0.3) is 0 Å². The van der Waals surface area contributed by atoms with Gasteiger partial charge in [-0.05, 0) is 20.3 Å². The lowest BCUT2D eigenvalue weighted by Gasteiger charge is -2.02. The molecule has 0 amide bonds. The molecular formula is C9H15N3O2S. The molecule has 1 aromatic heterocycles. The van der Waals surface area contributed by atoms with Crippen LogP contribution < -0.4 is 5.32 Å². The molecule has 84 valence electrons. The van der Waals surface area contributed by atoms with Crippen LogP contribution in [0.2, 0.25) is 0 Å². The van der Waals surface area contributed by atoms with Gasteiger partial charge >= 0.3 is 5.97 Å². The third-order valence-electron chi connectivity index (χ3n) is 1.67. The Kier molecular flexibility index (Phi) is 5.03. The number of carbonyl (C=O) groups excluding carboxylic acids is 1. The second kappa shape index (κ2) is 6.34. The topological polar surface area (TPSA) is 64.1 Å². The van der Waals surface area contributed by atoms with Crippen LogP contribution in [0.3, 0.4) is 0 Å². The zero-order valence-corrected chi connectivity index (χ0v) is 9.76. The molecule has 0 saturated carbocycles. The lowest BCUT2D eigenvalue weighted by atomic mass is 10.3. The first-order valence-electron chi connectivity index (χ1n) is 4.92. The summed E-state index contributed by atoms with van der Waals surface area (Å²) in [6.07, 6.45) is 1.19. The summed E-state index contributed by atoms with van der Waals surface area (Å²) >= 11 is 1.51. The van der Waals surface area contributed by atoms with Crippen molar-refractivity contribution in [3.8, 4) is 0 Å². The monoisotopic (exact) mass is 229 g/mol. The van der Waals surface area contributed by atoms with Crippen LogP contribution in [-0.2, 0) is 9.53 Å². The second-order valence-electron chi connectivity index (χ2n) is 2.96. The van der Waals surface area contributed by atoms with E-state index >= 15 is 0 Å². The van der Waals surface area contributed by atoms with Crippen LogP contribution in [0.1, 0.15) is 24.8 Å². The molecule has 0 spiro atoms. The van der Waals surface area contributed by atoms with Gasteiger partial charge in [0.15, 0.2) is 0 Å². The molecule has 0 saturated heterocycles. The number of nitrogens with zero attached hydrogens (tertiary/aromatic N) is 2. The van der Waals surface area contributed by atoms with Crippen LogP contribution in [0.4, 0.5) is 5.13 Å². The van der Waals surface area contributed by atoms with E-state index in [0.29, 0.717) is 19.6 Å². The number of nitrogens with one attached hydrogen (secondary N) is 1. The standard InChI is InChI=1S/C9H15N3O2S/c1-3-14-8(13)5-4-6-10-9-12-11-7(2)15-9/h3-6H2,1-2H3,(H,10,12). The van der Waals surface area contributed by atoms with Gasteiger partial charge in [0.1, 0.15) is 5.01 Å². The van der Waals surface area contributed by atoms with E-state index in [4.69, 9.17) is 4.74 Å². The molecule has 15 heavy (non-hydrogen) atoms. The van der Waals surface area contributed by atoms with E-state index in [2.05, 4.69) is 15.5 Å². The molecule has 0 atom stereocenters. The molecule has 0 radical (unpaired) electrons. The third kappa shape index (κ3) is 4.73. The minimum atomic E-state index is -0.146. The van der Waals surface area contributed by atoms with Gasteiger partial charge in [0.05, 0.1) is 6.61 Å². The zero-order chi connectivity index (χ0) is 11.1. The highest BCUT2D eigenvalue weighted by Gasteiger charge is 2.02. The zero-order valence-electron chi connectivity index (χ0n) is 8.95. The second-order valence-corrected chi connectivity index (χ2v) is 4.14. The molecule has 1 rings (SSSR count). The Hall–Kier alpha value is -1.17. The summed E-state index contributed by atoms with van der Waals surface area (Å²) in [4.78, 5) is 11.0. The van der Waals surface area contributed by atoms with Crippen molar-refractivity contribution < 1.29 is 9.53 Å². The van der Waals surface area contributed by atoms with Gasteiger partial charge in [-0.25, -0.2) is 0 Å². The highest BCUT2D eigenvalue weighted by atomic mass is 32.1. The van der Waals surface area contributed by atoms with E-state index in [9.17, 15) is 4.79 Å². The van der Waals surface area contributed by atoms with E-state index in [1.807, 2.05) is 6.92 Å². The molecule has 0 unspecified atom stereocenters. The quantitative estimate of drug-likeness (QED) is 0.593. The molecule has 0 aliphatic heterocycles. The minimum Gasteiger partial charge on any atom is -0.466 e. The molecule has 0 fully saturated rings. The van der Waals surface area contributed by atoms with Gasteiger partial charge in [-0.2, -0.15) is 0 Å². The Morgan fingerprint density at radius 1 is 1.53 bits per heavy atom. The summed E-state index contributed by atoms with van der Waals surface area (Å²) in [6, 6.07) is 0. The lowest BCUT2D eigenvalue weighted by Crippen LogP contribution is -2.08. The number of ether oxygens (including phenoxy) is 1. The van der Waals surface area contributed by atoms with E-state index in [0.717, 1.165) is 16.6 Å². The van der Waals surface area contributed by atoms with Gasteiger partial charge in [-0.3, -0.25) is 4.79 Å². The Balaban J connectivity index is 2.09. The summed E-state index contributed by atoms with van der Waals surface area (Å²) in [5.41, 5.74) is 0. The average Bonchev–Trinajstić information content (AvgIpc) is 2.60. The molecule has 0 aliphatic carbocycles. The van der Waals surface area contributed by atoms with Crippen molar-refractivity contribution >= 4 is 22.4 Å². The van der Waals surface area contributed by atoms with Crippen molar-refractivity contribution in [2.24, 2.45) is 0 Å². The predicted octanol–water partition coefficient (Wildman–Crippen LogP) is 1.60. The maximum absolute atomic E-state index is 11.0. The van der Waals surface area contributed by atoms with Gasteiger partial charge in [0.2, 0.25) is 5.13 Å². The number of aryl methyl sites for hydroxylation is 1. The van der Waals surface area contributed by atoms with Crippen molar-refractivity contribution in [1.82, 2.24) is 10.2 Å². The fourth-order valence-corrected chi connectivity index (χ4v) is 1.65. The number of anilines is 1. The molecule has 1 aromatic rings. The van der Waals surface area contributed by atoms with Gasteiger partial charge in [0, 0.05) is 13.0 Å². The SMILES string of the molecule is CCOC(=O)CCCNc1nnc(C)s1. The maximum atomic E-state index is 11.0. The Morgan fingerprint density at radius 2 is 2.33 bits per heavy atom. The van der Waals surface area contributed by atoms with Gasteiger partial charge in [0.25, 0.3) is 0 Å². The van der Waals surface area contributed by atoms with Crippen molar-refractivity contribution in [2.75, 3.05) is 18.5 Å².